The molecule has 10 nitrogen and oxygen atoms in total. The number of hydrogen-bond acceptors (Lipinski definition) is 8. The summed E-state index contributed by atoms with van der Waals surface area (Å²) >= 11 is 0. The number of nitrogens with zero attached hydrogens (tertiary/aromatic N) is 2. The van der Waals surface area contributed by atoms with Gasteiger partial charge in [0.25, 0.3) is 0 Å². The quantitative estimate of drug-likeness (QED) is 0.571. The highest BCUT2D eigenvalue weighted by Crippen LogP contribution is 2.36. The lowest BCUT2D eigenvalue weighted by Gasteiger charge is -2.34. The molecule has 1 atom stereocenters. The number of para-hydroxylation sites is 2. The van der Waals surface area contributed by atoms with E-state index in [0.29, 0.717) is 30.0 Å². The summed E-state index contributed by atoms with van der Waals surface area (Å²) in [6, 6.07) is 15.3. The van der Waals surface area contributed by atoms with E-state index in [9.17, 15) is 18.0 Å². The lowest BCUT2D eigenvalue weighted by atomic mass is 10.1. The number of hydrogen-bond donors (Lipinski definition) is 1. The Morgan fingerprint density at radius 2 is 1.90 bits per heavy atom. The lowest BCUT2D eigenvalue weighted by molar-refractivity contribution is 0.164. The molecular formula is C20H19N3O7S. The summed E-state index contributed by atoms with van der Waals surface area (Å²) in [6.07, 6.45) is 0.0547. The van der Waals surface area contributed by atoms with Gasteiger partial charge in [-0.15, -0.1) is 0 Å². The summed E-state index contributed by atoms with van der Waals surface area (Å²) in [6.45, 7) is -0.254. The molecular weight excluding hydrogens is 426 g/mol. The van der Waals surface area contributed by atoms with E-state index < -0.39 is 27.2 Å². The maximum atomic E-state index is 13.0. The van der Waals surface area contributed by atoms with E-state index in [1.165, 1.54) is 0 Å². The number of H-pyrrole nitrogens is 1. The molecule has 0 saturated heterocycles. The molecule has 0 radical (unpaired) electrons. The first-order valence-electron chi connectivity index (χ1n) is 9.47. The summed E-state index contributed by atoms with van der Waals surface area (Å²) in [5, 5.41) is 2.25. The number of carbonyl (C=O) groups excluding carboxylic acids is 1. The van der Waals surface area contributed by atoms with Gasteiger partial charge in [-0.2, -0.15) is 8.42 Å². The molecule has 0 spiro atoms. The third kappa shape index (κ3) is 4.61. The highest BCUT2D eigenvalue weighted by atomic mass is 32.2. The van der Waals surface area contributed by atoms with E-state index in [1.807, 2.05) is 6.07 Å². The Bertz CT molecular complexity index is 1220. The summed E-state index contributed by atoms with van der Waals surface area (Å²) in [4.78, 5) is 26.0. The molecule has 0 saturated carbocycles. The van der Waals surface area contributed by atoms with E-state index in [0.717, 1.165) is 4.31 Å². The smallest absolute Gasteiger partial charge is 0.445 e. The molecule has 0 bridgehead atoms. The minimum Gasteiger partial charge on any atom is -0.486 e. The van der Waals surface area contributed by atoms with Crippen LogP contribution in [0.1, 0.15) is 17.8 Å². The van der Waals surface area contributed by atoms with Crippen LogP contribution < -0.4 is 14.8 Å². The van der Waals surface area contributed by atoms with Gasteiger partial charge < -0.3 is 9.47 Å². The van der Waals surface area contributed by atoms with Gasteiger partial charge in [0, 0.05) is 6.42 Å². The van der Waals surface area contributed by atoms with Crippen LogP contribution in [0, 0.1) is 0 Å². The van der Waals surface area contributed by atoms with Gasteiger partial charge in [0.1, 0.15) is 18.5 Å². The summed E-state index contributed by atoms with van der Waals surface area (Å²) < 4.78 is 42.4. The van der Waals surface area contributed by atoms with Crippen molar-refractivity contribution in [2.75, 3.05) is 10.8 Å². The molecule has 162 valence electrons. The van der Waals surface area contributed by atoms with Gasteiger partial charge in [-0.05, 0) is 24.1 Å². The Balaban J connectivity index is 1.51. The molecule has 3 aromatic rings. The normalized spacial score (nSPS) is 15.7. The molecule has 31 heavy (non-hydrogen) atoms. The van der Waals surface area contributed by atoms with Crippen molar-refractivity contribution in [2.45, 2.75) is 25.6 Å². The zero-order valence-corrected chi connectivity index (χ0v) is 17.1. The Morgan fingerprint density at radius 3 is 2.65 bits per heavy atom. The van der Waals surface area contributed by atoms with Gasteiger partial charge in [0.2, 0.25) is 0 Å². The number of ether oxygens (including phenoxy) is 2. The SMILES string of the molecule is O=C(OCc1ccccc1)S(=O)(=O)N1C[C@H](CCc2noc(=O)[nH]2)Oc2ccccc21. The average Bonchev–Trinajstić information content (AvgIpc) is 3.21. The maximum absolute atomic E-state index is 13.0. The second-order valence-corrected chi connectivity index (χ2v) is 8.57. The fourth-order valence-electron chi connectivity index (χ4n) is 3.19. The largest absolute Gasteiger partial charge is 0.486 e. The zero-order chi connectivity index (χ0) is 21.8. The number of anilines is 1. The number of aromatic nitrogens is 2. The molecule has 1 N–H and O–H groups in total. The average molecular weight is 445 g/mol. The molecule has 1 aromatic heterocycles. The maximum Gasteiger partial charge on any atom is 0.445 e. The number of rotatable bonds is 6. The number of aromatic amines is 1. The molecule has 0 amide bonds. The third-order valence-electron chi connectivity index (χ3n) is 4.69. The van der Waals surface area contributed by atoms with Crippen LogP contribution in [0.3, 0.4) is 0 Å². The van der Waals surface area contributed by atoms with Crippen molar-refractivity contribution in [3.8, 4) is 5.75 Å². The van der Waals surface area contributed by atoms with Crippen molar-refractivity contribution in [3.05, 3.63) is 76.5 Å². The fraction of sp³-hybridized carbons (Fsp3) is 0.250. The summed E-state index contributed by atoms with van der Waals surface area (Å²) in [5.41, 5.74) is 0.929. The second kappa shape index (κ2) is 8.64. The van der Waals surface area contributed by atoms with Crippen molar-refractivity contribution in [1.29, 1.82) is 0 Å². The highest BCUT2D eigenvalue weighted by Gasteiger charge is 2.39. The van der Waals surface area contributed by atoms with Crippen LogP contribution >= 0.6 is 0 Å². The van der Waals surface area contributed by atoms with E-state index >= 15 is 0 Å². The van der Waals surface area contributed by atoms with Gasteiger partial charge in [-0.1, -0.05) is 47.6 Å². The van der Waals surface area contributed by atoms with E-state index in [1.54, 1.807) is 48.5 Å². The molecule has 1 aliphatic heterocycles. The van der Waals surface area contributed by atoms with Crippen LogP contribution in [-0.4, -0.2) is 36.5 Å². The Morgan fingerprint density at radius 1 is 1.16 bits per heavy atom. The van der Waals surface area contributed by atoms with Crippen molar-refractivity contribution >= 4 is 21.0 Å². The van der Waals surface area contributed by atoms with E-state index in [4.69, 9.17) is 9.47 Å². The molecule has 2 heterocycles. The van der Waals surface area contributed by atoms with E-state index in [2.05, 4.69) is 14.7 Å². The van der Waals surface area contributed by atoms with Crippen LogP contribution in [0.25, 0.3) is 0 Å². The van der Waals surface area contributed by atoms with Gasteiger partial charge in [0.15, 0.2) is 5.82 Å². The molecule has 0 unspecified atom stereocenters. The standard InChI is InChI=1S/C20H19N3O7S/c24-19-21-18(22-30-19)11-10-15-12-23(16-8-4-5-9-17(16)29-15)31(26,27)20(25)28-13-14-6-2-1-3-7-14/h1-9,15H,10-13H2,(H,21,22,24)/t15-/m0/s1. The Hall–Kier alpha value is -3.60. The lowest BCUT2D eigenvalue weighted by Crippen LogP contribution is -2.46. The first-order valence-corrected chi connectivity index (χ1v) is 10.9. The van der Waals surface area contributed by atoms with Crippen molar-refractivity contribution in [2.24, 2.45) is 0 Å². The van der Waals surface area contributed by atoms with Crippen LogP contribution in [0.5, 0.6) is 5.75 Å². The predicted octanol–water partition coefficient (Wildman–Crippen LogP) is 2.23. The highest BCUT2D eigenvalue weighted by molar-refractivity contribution is 8.06. The number of nitrogens with one attached hydrogen (secondary N) is 1. The van der Waals surface area contributed by atoms with Crippen LogP contribution in [0.4, 0.5) is 10.5 Å². The Kier molecular flexibility index (Phi) is 5.76. The number of benzene rings is 2. The minimum atomic E-state index is -4.46. The Labute approximate surface area is 177 Å². The minimum absolute atomic E-state index is 0.0954. The number of carbonyl (C=O) groups is 1. The molecule has 1 aliphatic rings. The molecule has 0 fully saturated rings. The summed E-state index contributed by atoms with van der Waals surface area (Å²) in [5.74, 6) is -0.0220. The van der Waals surface area contributed by atoms with Gasteiger partial charge in [-0.3, -0.25) is 13.8 Å². The molecule has 11 heteroatoms. The number of sulfonamides is 1. The van der Waals surface area contributed by atoms with Gasteiger partial charge >= 0.3 is 21.1 Å². The van der Waals surface area contributed by atoms with Crippen LogP contribution in [0.15, 0.2) is 63.9 Å². The fourth-order valence-corrected chi connectivity index (χ4v) is 4.35. The zero-order valence-electron chi connectivity index (χ0n) is 16.3. The molecule has 2 aromatic carbocycles. The van der Waals surface area contributed by atoms with Crippen LogP contribution in [-0.2, 0) is 27.8 Å². The first kappa shape index (κ1) is 20.7. The predicted molar refractivity (Wildman–Crippen MR) is 109 cm³/mol. The third-order valence-corrected chi connectivity index (χ3v) is 6.15. The first-order chi connectivity index (χ1) is 14.9. The topological polar surface area (TPSA) is 132 Å². The summed E-state index contributed by atoms with van der Waals surface area (Å²) in [7, 11) is -4.46. The van der Waals surface area contributed by atoms with E-state index in [-0.39, 0.29) is 18.8 Å². The van der Waals surface area contributed by atoms with Gasteiger partial charge in [-0.25, -0.2) is 9.59 Å². The van der Waals surface area contributed by atoms with Gasteiger partial charge in [0.05, 0.1) is 12.2 Å². The number of fused-ring (bicyclic) bond motifs is 1. The number of aryl methyl sites for hydroxylation is 1. The van der Waals surface area contributed by atoms with Crippen molar-refractivity contribution in [1.82, 2.24) is 10.1 Å². The molecule has 0 aliphatic carbocycles. The van der Waals surface area contributed by atoms with Crippen LogP contribution in [0.2, 0.25) is 0 Å². The van der Waals surface area contributed by atoms with Crippen molar-refractivity contribution < 1.29 is 27.2 Å². The van der Waals surface area contributed by atoms with Crippen molar-refractivity contribution in [3.63, 3.8) is 0 Å². The monoisotopic (exact) mass is 445 g/mol. The molecule has 4 rings (SSSR count). The second-order valence-electron chi connectivity index (χ2n) is 6.85.